The molecular weight excluding hydrogens is 375 g/mol. The summed E-state index contributed by atoms with van der Waals surface area (Å²) in [6, 6.07) is 11.0. The molecule has 0 radical (unpaired) electrons. The Morgan fingerprint density at radius 3 is 2.41 bits per heavy atom. The maximum Gasteiger partial charge on any atom is 0.414 e. The van der Waals surface area contributed by atoms with Gasteiger partial charge in [-0.05, 0) is 37.3 Å². The van der Waals surface area contributed by atoms with Gasteiger partial charge < -0.3 is 4.74 Å². The van der Waals surface area contributed by atoms with E-state index in [1.165, 1.54) is 21.9 Å². The molecule has 2 aromatic rings. The second kappa shape index (κ2) is 7.40. The molecule has 7 heteroatoms. The smallest absolute Gasteiger partial charge is 0.414 e. The van der Waals surface area contributed by atoms with E-state index in [4.69, 9.17) is 4.74 Å². The van der Waals surface area contributed by atoms with E-state index in [0.717, 1.165) is 0 Å². The Labute approximate surface area is 166 Å². The summed E-state index contributed by atoms with van der Waals surface area (Å²) < 4.78 is 19.5. The molecule has 0 N–H and O–H groups in total. The molecule has 0 unspecified atom stereocenters. The molecule has 29 heavy (non-hydrogen) atoms. The van der Waals surface area contributed by atoms with Crippen LogP contribution in [-0.4, -0.2) is 42.0 Å². The fourth-order valence-electron chi connectivity index (χ4n) is 3.51. The normalized spacial score (nSPS) is 17.9. The number of benzene rings is 2. The minimum atomic E-state index is -0.592. The number of nitrogens with zero attached hydrogens (tertiary/aromatic N) is 2. The zero-order chi connectivity index (χ0) is 20.5. The van der Waals surface area contributed by atoms with Crippen molar-refractivity contribution in [1.82, 2.24) is 4.90 Å². The summed E-state index contributed by atoms with van der Waals surface area (Å²) in [5, 5.41) is 0. The number of fused-ring (bicyclic) bond motifs is 1. The predicted octanol–water partition coefficient (Wildman–Crippen LogP) is 3.21. The van der Waals surface area contributed by atoms with Crippen molar-refractivity contribution in [1.29, 1.82) is 0 Å². The van der Waals surface area contributed by atoms with Crippen molar-refractivity contribution < 1.29 is 23.5 Å². The highest BCUT2D eigenvalue weighted by atomic mass is 19.1. The minimum Gasteiger partial charge on any atom is -0.444 e. The highest BCUT2D eigenvalue weighted by Gasteiger charge is 2.37. The number of hydrogen-bond donors (Lipinski definition) is 0. The van der Waals surface area contributed by atoms with Crippen LogP contribution >= 0.6 is 0 Å². The molecule has 2 heterocycles. The number of rotatable bonds is 4. The van der Waals surface area contributed by atoms with Gasteiger partial charge in [0, 0.05) is 13.0 Å². The highest BCUT2D eigenvalue weighted by Crippen LogP contribution is 2.27. The molecule has 0 spiro atoms. The van der Waals surface area contributed by atoms with Crippen LogP contribution in [-0.2, 0) is 4.74 Å². The maximum absolute atomic E-state index is 14.1. The van der Waals surface area contributed by atoms with E-state index in [1.807, 2.05) is 0 Å². The van der Waals surface area contributed by atoms with Crippen molar-refractivity contribution in [3.63, 3.8) is 0 Å². The molecule has 1 fully saturated rings. The van der Waals surface area contributed by atoms with Gasteiger partial charge in [0.2, 0.25) is 0 Å². The molecule has 1 atom stereocenters. The third kappa shape index (κ3) is 3.34. The molecule has 2 aromatic carbocycles. The number of amides is 3. The Hall–Kier alpha value is -3.66. The quantitative estimate of drug-likeness (QED) is 0.592. The lowest BCUT2D eigenvalue weighted by atomic mass is 10.1. The van der Waals surface area contributed by atoms with Gasteiger partial charge in [0.15, 0.2) is 0 Å². The highest BCUT2D eigenvalue weighted by molar-refractivity contribution is 6.21. The zero-order valence-corrected chi connectivity index (χ0v) is 15.6. The number of cyclic esters (lactones) is 1. The standard InChI is InChI=1S/C22H17FN2O4/c1-2-5-14-8-9-15(12-19(14)23)25-13-16(29-22(25)28)10-11-24-20(26)17-6-3-4-7-18(17)21(24)27/h3-4,6-9,12,16H,10-11,13H2,1H3/t16-/m0/s1. The molecule has 0 bridgehead atoms. The maximum atomic E-state index is 14.1. The van der Waals surface area contributed by atoms with Crippen LogP contribution in [0.3, 0.4) is 0 Å². The Bertz CT molecular complexity index is 1050. The van der Waals surface area contributed by atoms with Crippen LogP contribution in [0.1, 0.15) is 39.6 Å². The minimum absolute atomic E-state index is 0.136. The zero-order valence-electron chi connectivity index (χ0n) is 15.6. The number of imide groups is 1. The molecule has 6 nitrogen and oxygen atoms in total. The van der Waals surface area contributed by atoms with Gasteiger partial charge in [0.1, 0.15) is 11.9 Å². The second-order valence-corrected chi connectivity index (χ2v) is 6.75. The van der Waals surface area contributed by atoms with Crippen LogP contribution in [0, 0.1) is 17.7 Å². The van der Waals surface area contributed by atoms with Gasteiger partial charge in [-0.25, -0.2) is 9.18 Å². The van der Waals surface area contributed by atoms with Crippen LogP contribution in [0.15, 0.2) is 42.5 Å². The van der Waals surface area contributed by atoms with E-state index in [0.29, 0.717) is 23.2 Å². The summed E-state index contributed by atoms with van der Waals surface area (Å²) in [4.78, 5) is 39.6. The van der Waals surface area contributed by atoms with Crippen molar-refractivity contribution in [3.05, 3.63) is 65.0 Å². The number of halogens is 1. The van der Waals surface area contributed by atoms with Crippen LogP contribution < -0.4 is 4.90 Å². The SMILES string of the molecule is CC#Cc1ccc(N2C[C@H](CCN3C(=O)c4ccccc4C3=O)OC2=O)cc1F. The fourth-order valence-corrected chi connectivity index (χ4v) is 3.51. The van der Waals surface area contributed by atoms with Gasteiger partial charge in [-0.3, -0.25) is 19.4 Å². The van der Waals surface area contributed by atoms with Gasteiger partial charge >= 0.3 is 6.09 Å². The van der Waals surface area contributed by atoms with E-state index in [2.05, 4.69) is 11.8 Å². The average molecular weight is 392 g/mol. The van der Waals surface area contributed by atoms with Gasteiger partial charge in [-0.15, -0.1) is 5.92 Å². The first-order valence-corrected chi connectivity index (χ1v) is 9.15. The average Bonchev–Trinajstić information content (AvgIpc) is 3.20. The Morgan fingerprint density at radius 2 is 1.79 bits per heavy atom. The van der Waals surface area contributed by atoms with Gasteiger partial charge in [-0.2, -0.15) is 0 Å². The Kier molecular flexibility index (Phi) is 4.77. The van der Waals surface area contributed by atoms with E-state index in [-0.39, 0.29) is 30.5 Å². The molecule has 2 aliphatic rings. The summed E-state index contributed by atoms with van der Waals surface area (Å²) in [5.74, 6) is 4.08. The lowest BCUT2D eigenvalue weighted by Gasteiger charge is -2.16. The van der Waals surface area contributed by atoms with Crippen molar-refractivity contribution in [2.24, 2.45) is 0 Å². The summed E-state index contributed by atoms with van der Waals surface area (Å²) >= 11 is 0. The second-order valence-electron chi connectivity index (χ2n) is 6.75. The van der Waals surface area contributed by atoms with Crippen molar-refractivity contribution in [2.75, 3.05) is 18.0 Å². The first kappa shape index (κ1) is 18.7. The van der Waals surface area contributed by atoms with Crippen molar-refractivity contribution in [2.45, 2.75) is 19.4 Å². The molecule has 3 amide bonds. The van der Waals surface area contributed by atoms with E-state index in [1.54, 1.807) is 37.3 Å². The first-order chi connectivity index (χ1) is 14.0. The van der Waals surface area contributed by atoms with E-state index >= 15 is 0 Å². The summed E-state index contributed by atoms with van der Waals surface area (Å²) in [5.41, 5.74) is 1.39. The lowest BCUT2D eigenvalue weighted by Crippen LogP contribution is -2.33. The van der Waals surface area contributed by atoms with E-state index < -0.39 is 18.0 Å². The van der Waals surface area contributed by atoms with Crippen molar-refractivity contribution >= 4 is 23.6 Å². The predicted molar refractivity (Wildman–Crippen MR) is 103 cm³/mol. The van der Waals surface area contributed by atoms with Crippen LogP contribution in [0.2, 0.25) is 0 Å². The van der Waals surface area contributed by atoms with Crippen molar-refractivity contribution in [3.8, 4) is 11.8 Å². The Morgan fingerprint density at radius 1 is 1.10 bits per heavy atom. The number of carbonyl (C=O) groups excluding carboxylic acids is 3. The van der Waals surface area contributed by atoms with Gasteiger partial charge in [0.05, 0.1) is 28.9 Å². The third-order valence-corrected chi connectivity index (χ3v) is 4.95. The molecule has 146 valence electrons. The molecule has 0 aromatic heterocycles. The third-order valence-electron chi connectivity index (χ3n) is 4.95. The first-order valence-electron chi connectivity index (χ1n) is 9.15. The number of carbonyl (C=O) groups is 3. The molecular formula is C22H17FN2O4. The number of anilines is 1. The molecule has 4 rings (SSSR count). The topological polar surface area (TPSA) is 66.9 Å². The van der Waals surface area contributed by atoms with Crippen LogP contribution in [0.4, 0.5) is 14.9 Å². The number of ether oxygens (including phenoxy) is 1. The summed E-state index contributed by atoms with van der Waals surface area (Å²) in [6.45, 7) is 1.96. The molecule has 0 saturated carbocycles. The summed E-state index contributed by atoms with van der Waals surface area (Å²) in [7, 11) is 0. The molecule has 0 aliphatic carbocycles. The van der Waals surface area contributed by atoms with E-state index in [9.17, 15) is 18.8 Å². The van der Waals surface area contributed by atoms with Crippen LogP contribution in [0.5, 0.6) is 0 Å². The van der Waals surface area contributed by atoms with Gasteiger partial charge in [0.25, 0.3) is 11.8 Å². The Balaban J connectivity index is 1.42. The molecule has 2 aliphatic heterocycles. The largest absolute Gasteiger partial charge is 0.444 e. The summed E-state index contributed by atoms with van der Waals surface area (Å²) in [6.07, 6.45) is -0.800. The lowest BCUT2D eigenvalue weighted by molar-refractivity contribution is 0.0628. The fraction of sp³-hybridized carbons (Fsp3) is 0.227. The van der Waals surface area contributed by atoms with Gasteiger partial charge in [-0.1, -0.05) is 18.1 Å². The monoisotopic (exact) mass is 392 g/mol. The van der Waals surface area contributed by atoms with Crippen LogP contribution in [0.25, 0.3) is 0 Å². The molecule has 1 saturated heterocycles. The number of hydrogen-bond acceptors (Lipinski definition) is 4.